The lowest BCUT2D eigenvalue weighted by atomic mass is 10.0. The lowest BCUT2D eigenvalue weighted by Gasteiger charge is -2.12. The smallest absolute Gasteiger partial charge is 0.190 e. The highest BCUT2D eigenvalue weighted by atomic mass is 16.5. The predicted octanol–water partition coefficient (Wildman–Crippen LogP) is 3.80. The van der Waals surface area contributed by atoms with Crippen molar-refractivity contribution in [1.82, 2.24) is 14.9 Å². The van der Waals surface area contributed by atoms with Crippen LogP contribution in [0.4, 0.5) is 0 Å². The van der Waals surface area contributed by atoms with Crippen LogP contribution >= 0.6 is 0 Å². The number of pyridine rings is 1. The van der Waals surface area contributed by atoms with Crippen LogP contribution in [0, 0.1) is 0 Å². The average Bonchev–Trinajstić information content (AvgIpc) is 3.27. The highest BCUT2D eigenvalue weighted by Gasteiger charge is 2.14. The van der Waals surface area contributed by atoms with E-state index in [1.807, 2.05) is 38.4 Å². The molecular formula is C23H23N3O4. The van der Waals surface area contributed by atoms with Gasteiger partial charge in [-0.3, -0.25) is 4.79 Å². The lowest BCUT2D eigenvalue weighted by molar-refractivity contribution is 0.261. The van der Waals surface area contributed by atoms with Crippen LogP contribution in [-0.2, 0) is 0 Å². The molecule has 4 aromatic rings. The summed E-state index contributed by atoms with van der Waals surface area (Å²) >= 11 is 0. The highest BCUT2D eigenvalue weighted by Crippen LogP contribution is 2.33. The Balaban J connectivity index is 1.73. The fourth-order valence-corrected chi connectivity index (χ4v) is 3.24. The minimum atomic E-state index is -0.0962. The maximum absolute atomic E-state index is 12.9. The van der Waals surface area contributed by atoms with Crippen LogP contribution in [0.15, 0.2) is 64.3 Å². The van der Waals surface area contributed by atoms with Crippen molar-refractivity contribution in [3.05, 3.63) is 65.3 Å². The minimum absolute atomic E-state index is 0.0962. The zero-order valence-electron chi connectivity index (χ0n) is 17.1. The molecule has 2 heterocycles. The summed E-state index contributed by atoms with van der Waals surface area (Å²) in [6.07, 6.45) is 2.94. The fraction of sp³-hybridized carbons (Fsp3) is 0.217. The van der Waals surface area contributed by atoms with Crippen LogP contribution in [0.5, 0.6) is 11.5 Å². The number of nitrogens with one attached hydrogen (secondary N) is 1. The van der Waals surface area contributed by atoms with E-state index < -0.39 is 0 Å². The Labute approximate surface area is 173 Å². The van der Waals surface area contributed by atoms with Gasteiger partial charge in [-0.15, -0.1) is 0 Å². The molecule has 0 amide bonds. The molecule has 0 spiro atoms. The van der Waals surface area contributed by atoms with Crippen molar-refractivity contribution in [2.75, 3.05) is 34.4 Å². The van der Waals surface area contributed by atoms with Crippen LogP contribution in [0.1, 0.15) is 0 Å². The van der Waals surface area contributed by atoms with E-state index in [0.29, 0.717) is 40.3 Å². The molecular weight excluding hydrogens is 382 g/mol. The first-order valence-electron chi connectivity index (χ1n) is 9.57. The number of hydrogen-bond acceptors (Lipinski definition) is 6. The Bertz CT molecular complexity index is 1210. The van der Waals surface area contributed by atoms with Crippen molar-refractivity contribution in [3.63, 3.8) is 0 Å². The van der Waals surface area contributed by atoms with Crippen LogP contribution < -0.4 is 14.9 Å². The first-order chi connectivity index (χ1) is 14.5. The van der Waals surface area contributed by atoms with E-state index in [0.717, 1.165) is 17.9 Å². The molecule has 2 aromatic heterocycles. The quantitative estimate of drug-likeness (QED) is 0.504. The number of aromatic amines is 1. The van der Waals surface area contributed by atoms with E-state index in [4.69, 9.17) is 13.9 Å². The second-order valence-corrected chi connectivity index (χ2v) is 7.19. The van der Waals surface area contributed by atoms with Crippen molar-refractivity contribution < 1.29 is 13.9 Å². The van der Waals surface area contributed by atoms with E-state index >= 15 is 0 Å². The molecule has 7 heteroatoms. The number of methoxy groups -OCH3 is 1. The van der Waals surface area contributed by atoms with E-state index in [1.54, 1.807) is 31.5 Å². The Morgan fingerprint density at radius 3 is 2.77 bits per heavy atom. The summed E-state index contributed by atoms with van der Waals surface area (Å²) in [5.74, 6) is 1.89. The topological polar surface area (TPSA) is 80.6 Å². The second-order valence-electron chi connectivity index (χ2n) is 7.19. The van der Waals surface area contributed by atoms with Crippen molar-refractivity contribution in [3.8, 4) is 34.1 Å². The van der Waals surface area contributed by atoms with Crippen LogP contribution in [-0.4, -0.2) is 49.2 Å². The molecule has 1 N–H and O–H groups in total. The lowest BCUT2D eigenvalue weighted by Crippen LogP contribution is -2.19. The van der Waals surface area contributed by atoms with Crippen molar-refractivity contribution in [1.29, 1.82) is 0 Å². The third kappa shape index (κ3) is 4.06. The molecule has 0 saturated carbocycles. The minimum Gasteiger partial charge on any atom is -0.496 e. The monoisotopic (exact) mass is 405 g/mol. The molecule has 0 aliphatic heterocycles. The summed E-state index contributed by atoms with van der Waals surface area (Å²) in [6.45, 7) is 1.41. The Kier molecular flexibility index (Phi) is 5.54. The number of hydrogen-bond donors (Lipinski definition) is 1. The second kappa shape index (κ2) is 8.42. The molecule has 0 atom stereocenters. The van der Waals surface area contributed by atoms with Crippen molar-refractivity contribution in [2.24, 2.45) is 0 Å². The van der Waals surface area contributed by atoms with Gasteiger partial charge in [0.05, 0.1) is 24.4 Å². The Morgan fingerprint density at radius 2 is 2.03 bits per heavy atom. The highest BCUT2D eigenvalue weighted by molar-refractivity contribution is 5.88. The van der Waals surface area contributed by atoms with Gasteiger partial charge in [-0.2, -0.15) is 0 Å². The van der Waals surface area contributed by atoms with E-state index in [-0.39, 0.29) is 5.43 Å². The molecule has 0 aliphatic rings. The van der Waals surface area contributed by atoms with E-state index in [2.05, 4.69) is 14.9 Å². The molecule has 154 valence electrons. The summed E-state index contributed by atoms with van der Waals surface area (Å²) in [5, 5.41) is 0.546. The van der Waals surface area contributed by atoms with Crippen molar-refractivity contribution in [2.45, 2.75) is 0 Å². The molecule has 4 rings (SSSR count). The molecule has 0 unspecified atom stereocenters. The molecule has 7 nitrogen and oxygen atoms in total. The summed E-state index contributed by atoms with van der Waals surface area (Å²) < 4.78 is 16.7. The van der Waals surface area contributed by atoms with Gasteiger partial charge in [0.2, 0.25) is 0 Å². The SMILES string of the molecule is COc1cc2[nH]c(-c3cccc(OCCN(C)C)c3)cc(=O)c2cc1-c1cnco1. The summed E-state index contributed by atoms with van der Waals surface area (Å²) in [5.41, 5.74) is 2.84. The predicted molar refractivity (Wildman–Crippen MR) is 116 cm³/mol. The Hall–Kier alpha value is -3.58. The molecule has 0 bridgehead atoms. The van der Waals surface area contributed by atoms with Crippen LogP contribution in [0.25, 0.3) is 33.5 Å². The van der Waals surface area contributed by atoms with Gasteiger partial charge in [0.25, 0.3) is 0 Å². The zero-order valence-corrected chi connectivity index (χ0v) is 17.1. The number of likely N-dealkylation sites (N-methyl/N-ethyl adjacent to an activating group) is 1. The first kappa shape index (κ1) is 19.7. The maximum Gasteiger partial charge on any atom is 0.190 e. The zero-order chi connectivity index (χ0) is 21.1. The van der Waals surface area contributed by atoms with Gasteiger partial charge in [0.1, 0.15) is 18.1 Å². The number of fused-ring (bicyclic) bond motifs is 1. The summed E-state index contributed by atoms with van der Waals surface area (Å²) in [4.78, 5) is 22.2. The van der Waals surface area contributed by atoms with E-state index in [1.165, 1.54) is 6.39 Å². The number of aromatic nitrogens is 2. The van der Waals surface area contributed by atoms with E-state index in [9.17, 15) is 4.79 Å². The average molecular weight is 405 g/mol. The number of ether oxygens (including phenoxy) is 2. The van der Waals surface area contributed by atoms with Crippen LogP contribution in [0.2, 0.25) is 0 Å². The van der Waals surface area contributed by atoms with Crippen LogP contribution in [0.3, 0.4) is 0 Å². The van der Waals surface area contributed by atoms with Gasteiger partial charge in [-0.1, -0.05) is 12.1 Å². The molecule has 30 heavy (non-hydrogen) atoms. The summed E-state index contributed by atoms with van der Waals surface area (Å²) in [7, 11) is 5.58. The van der Waals surface area contributed by atoms with Gasteiger partial charge in [-0.05, 0) is 32.3 Å². The number of benzene rings is 2. The fourth-order valence-electron chi connectivity index (χ4n) is 3.24. The van der Waals surface area contributed by atoms with Gasteiger partial charge >= 0.3 is 0 Å². The number of nitrogens with zero attached hydrogens (tertiary/aromatic N) is 2. The third-order valence-electron chi connectivity index (χ3n) is 4.80. The first-order valence-corrected chi connectivity index (χ1v) is 9.57. The number of H-pyrrole nitrogens is 1. The third-order valence-corrected chi connectivity index (χ3v) is 4.80. The molecule has 2 aromatic carbocycles. The van der Waals surface area contributed by atoms with Crippen molar-refractivity contribution >= 4 is 10.9 Å². The van der Waals surface area contributed by atoms with Gasteiger partial charge in [0, 0.05) is 35.3 Å². The molecule has 0 saturated heterocycles. The molecule has 0 aliphatic carbocycles. The summed E-state index contributed by atoms with van der Waals surface area (Å²) in [6, 6.07) is 12.8. The van der Waals surface area contributed by atoms with Gasteiger partial charge in [0.15, 0.2) is 17.6 Å². The molecule has 0 radical (unpaired) electrons. The van der Waals surface area contributed by atoms with Gasteiger partial charge < -0.3 is 23.8 Å². The molecule has 0 fully saturated rings. The largest absolute Gasteiger partial charge is 0.496 e. The number of rotatable bonds is 7. The van der Waals surface area contributed by atoms with Gasteiger partial charge in [-0.25, -0.2) is 4.98 Å². The standard InChI is InChI=1S/C23H23N3O4/c1-26(2)7-8-29-16-6-4-5-15(9-16)19-11-21(27)17-10-18(23-13-24-14-30-23)22(28-3)12-20(17)25-19/h4-6,9-14H,7-8H2,1-3H3,(H,25,27). The normalized spacial score (nSPS) is 11.2. The Morgan fingerprint density at radius 1 is 1.17 bits per heavy atom. The number of oxazole rings is 1. The maximum atomic E-state index is 12.9.